The zero-order chi connectivity index (χ0) is 27.0. The van der Waals surface area contributed by atoms with Crippen LogP contribution < -0.4 is 16.0 Å². The number of benzene rings is 1. The van der Waals surface area contributed by atoms with Crippen LogP contribution in [-0.4, -0.2) is 64.5 Å². The van der Waals surface area contributed by atoms with Gasteiger partial charge < -0.3 is 20.9 Å². The fraction of sp³-hybridized carbons (Fsp3) is 0.607. The first-order valence-corrected chi connectivity index (χ1v) is 13.4. The molecule has 0 bridgehead atoms. The molecule has 2 heterocycles. The van der Waals surface area contributed by atoms with Crippen molar-refractivity contribution in [2.24, 2.45) is 0 Å². The predicted octanol–water partition coefficient (Wildman–Crippen LogP) is 2.03. The van der Waals surface area contributed by atoms with Crippen LogP contribution in [0, 0.1) is 0 Å². The number of nitrogens with zero attached hydrogens (tertiary/aromatic N) is 1. The molecule has 0 radical (unpaired) electrons. The fourth-order valence-electron chi connectivity index (χ4n) is 4.90. The van der Waals surface area contributed by atoms with Gasteiger partial charge in [0.05, 0.1) is 0 Å². The highest BCUT2D eigenvalue weighted by molar-refractivity contribution is 5.99. The minimum atomic E-state index is -1.30. The maximum atomic E-state index is 13.6. The molecular weight excluding hydrogens is 472 g/mol. The van der Waals surface area contributed by atoms with E-state index in [4.69, 9.17) is 0 Å². The van der Waals surface area contributed by atoms with E-state index in [2.05, 4.69) is 16.0 Å². The van der Waals surface area contributed by atoms with Gasteiger partial charge in [-0.2, -0.15) is 0 Å². The first kappa shape index (κ1) is 28.3. The molecule has 9 heteroatoms. The summed E-state index contributed by atoms with van der Waals surface area (Å²) in [5.41, 5.74) is -0.414. The maximum Gasteiger partial charge on any atom is 0.246 e. The molecule has 1 aromatic rings. The first-order chi connectivity index (χ1) is 17.6. The Morgan fingerprint density at radius 2 is 1.70 bits per heavy atom. The van der Waals surface area contributed by atoms with Crippen molar-refractivity contribution in [3.05, 3.63) is 35.9 Å². The summed E-state index contributed by atoms with van der Waals surface area (Å²) in [5.74, 6) is -1.34. The van der Waals surface area contributed by atoms with E-state index in [9.17, 15) is 24.0 Å². The molecule has 37 heavy (non-hydrogen) atoms. The van der Waals surface area contributed by atoms with Crippen molar-refractivity contribution in [1.82, 2.24) is 20.9 Å². The van der Waals surface area contributed by atoms with Crippen LogP contribution in [0.5, 0.6) is 0 Å². The van der Waals surface area contributed by atoms with E-state index in [-0.39, 0.29) is 24.0 Å². The molecule has 3 rings (SSSR count). The number of fused-ring (bicyclic) bond motifs is 1. The lowest BCUT2D eigenvalue weighted by Crippen LogP contribution is -2.64. The molecule has 0 saturated carbocycles. The molecule has 0 aliphatic carbocycles. The van der Waals surface area contributed by atoms with Gasteiger partial charge in [0.1, 0.15) is 29.4 Å². The lowest BCUT2D eigenvalue weighted by molar-refractivity contribution is -0.144. The summed E-state index contributed by atoms with van der Waals surface area (Å²) in [4.78, 5) is 66.6. The highest BCUT2D eigenvalue weighted by Crippen LogP contribution is 2.21. The monoisotopic (exact) mass is 512 g/mol. The van der Waals surface area contributed by atoms with E-state index in [1.807, 2.05) is 37.3 Å². The largest absolute Gasteiger partial charge is 0.343 e. The standard InChI is InChI=1S/C28H40N4O5/c1-4-20(33)14-9-6-10-15-21-24(34)31-28(2,3)27(37)30-22(18-19-12-7-5-8-13-19)26(36)32-17-11-16-23(32)25(35)29-21/h5,7-8,12-13,21-23H,4,6,9-11,14-18H2,1-3H3,(H,29,35)(H,30,37)(H,31,34). The number of nitrogens with one attached hydrogen (secondary N) is 3. The van der Waals surface area contributed by atoms with E-state index >= 15 is 0 Å². The van der Waals surface area contributed by atoms with E-state index in [1.165, 1.54) is 0 Å². The molecule has 0 aromatic heterocycles. The van der Waals surface area contributed by atoms with Gasteiger partial charge in [0.25, 0.3) is 0 Å². The Morgan fingerprint density at radius 3 is 2.41 bits per heavy atom. The number of hydrogen-bond acceptors (Lipinski definition) is 5. The SMILES string of the molecule is CCC(=O)CCCCCC1NC(=O)C2CCCN2C(=O)C(Cc2ccccc2)NC(=O)C(C)(C)NC1=O. The van der Waals surface area contributed by atoms with Crippen LogP contribution in [0.15, 0.2) is 30.3 Å². The molecule has 0 spiro atoms. The summed E-state index contributed by atoms with van der Waals surface area (Å²) in [6, 6.07) is 7.01. The van der Waals surface area contributed by atoms with Crippen LogP contribution in [0.2, 0.25) is 0 Å². The van der Waals surface area contributed by atoms with Crippen LogP contribution in [0.4, 0.5) is 0 Å². The second-order valence-corrected chi connectivity index (χ2v) is 10.6. The van der Waals surface area contributed by atoms with Crippen LogP contribution in [-0.2, 0) is 30.4 Å². The van der Waals surface area contributed by atoms with Gasteiger partial charge in [-0.25, -0.2) is 0 Å². The number of rotatable bonds is 9. The Labute approximate surface area is 219 Å². The summed E-state index contributed by atoms with van der Waals surface area (Å²) in [6.07, 6.45) is 5.00. The molecule has 2 aliphatic rings. The molecule has 3 atom stereocenters. The average molecular weight is 513 g/mol. The summed E-state index contributed by atoms with van der Waals surface area (Å²) in [6.45, 7) is 5.43. The van der Waals surface area contributed by atoms with Gasteiger partial charge in [0.15, 0.2) is 0 Å². The summed E-state index contributed by atoms with van der Waals surface area (Å²) in [5, 5.41) is 8.49. The maximum absolute atomic E-state index is 13.6. The summed E-state index contributed by atoms with van der Waals surface area (Å²) in [7, 11) is 0. The van der Waals surface area contributed by atoms with Crippen LogP contribution in [0.1, 0.15) is 77.7 Å². The number of ketones is 1. The molecule has 1 aromatic carbocycles. The molecule has 2 fully saturated rings. The van der Waals surface area contributed by atoms with Crippen molar-refractivity contribution in [3.8, 4) is 0 Å². The zero-order valence-corrected chi connectivity index (χ0v) is 22.2. The number of hydrogen-bond donors (Lipinski definition) is 3. The predicted molar refractivity (Wildman–Crippen MR) is 139 cm³/mol. The number of carbonyl (C=O) groups excluding carboxylic acids is 5. The Kier molecular flexibility index (Phi) is 9.83. The van der Waals surface area contributed by atoms with Gasteiger partial charge in [-0.15, -0.1) is 0 Å². The molecule has 9 nitrogen and oxygen atoms in total. The highest BCUT2D eigenvalue weighted by Gasteiger charge is 2.42. The third kappa shape index (κ3) is 7.63. The van der Waals surface area contributed by atoms with E-state index < -0.39 is 35.5 Å². The number of carbonyl (C=O) groups is 5. The summed E-state index contributed by atoms with van der Waals surface area (Å²) < 4.78 is 0. The molecule has 2 saturated heterocycles. The number of Topliss-reactive ketones (excluding diaryl/α,β-unsaturated/α-hetero) is 1. The van der Waals surface area contributed by atoms with Crippen LogP contribution >= 0.6 is 0 Å². The van der Waals surface area contributed by atoms with Crippen LogP contribution in [0.25, 0.3) is 0 Å². The van der Waals surface area contributed by atoms with Gasteiger partial charge in [-0.1, -0.05) is 50.1 Å². The number of amides is 4. The fourth-order valence-corrected chi connectivity index (χ4v) is 4.90. The van der Waals surface area contributed by atoms with Crippen LogP contribution in [0.3, 0.4) is 0 Å². The van der Waals surface area contributed by atoms with Crippen molar-refractivity contribution in [2.75, 3.05) is 6.54 Å². The topological polar surface area (TPSA) is 125 Å². The lowest BCUT2D eigenvalue weighted by Gasteiger charge is -2.34. The van der Waals surface area contributed by atoms with Gasteiger partial charge in [-0.05, 0) is 45.1 Å². The molecule has 3 N–H and O–H groups in total. The minimum Gasteiger partial charge on any atom is -0.343 e. The van der Waals surface area contributed by atoms with Crippen molar-refractivity contribution >= 4 is 29.4 Å². The molecule has 3 unspecified atom stereocenters. The second-order valence-electron chi connectivity index (χ2n) is 10.6. The van der Waals surface area contributed by atoms with Gasteiger partial charge in [0.2, 0.25) is 23.6 Å². The van der Waals surface area contributed by atoms with Gasteiger partial charge in [0, 0.05) is 25.8 Å². The Hall–Kier alpha value is -3.23. The minimum absolute atomic E-state index is 0.210. The van der Waals surface area contributed by atoms with Crippen molar-refractivity contribution < 1.29 is 24.0 Å². The van der Waals surface area contributed by atoms with Crippen molar-refractivity contribution in [2.45, 2.75) is 102 Å². The van der Waals surface area contributed by atoms with E-state index in [0.717, 1.165) is 18.4 Å². The first-order valence-electron chi connectivity index (χ1n) is 13.4. The Balaban J connectivity index is 1.80. The third-order valence-electron chi connectivity index (χ3n) is 7.20. The zero-order valence-electron chi connectivity index (χ0n) is 22.2. The number of unbranched alkanes of at least 4 members (excludes halogenated alkanes) is 2. The van der Waals surface area contributed by atoms with Crippen molar-refractivity contribution in [3.63, 3.8) is 0 Å². The van der Waals surface area contributed by atoms with E-state index in [0.29, 0.717) is 45.1 Å². The Morgan fingerprint density at radius 1 is 0.973 bits per heavy atom. The van der Waals surface area contributed by atoms with E-state index in [1.54, 1.807) is 18.7 Å². The second kappa shape index (κ2) is 12.8. The molecule has 4 amide bonds. The Bertz CT molecular complexity index is 994. The van der Waals surface area contributed by atoms with Gasteiger partial charge in [-0.3, -0.25) is 24.0 Å². The molecular formula is C28H40N4O5. The molecule has 202 valence electrons. The smallest absolute Gasteiger partial charge is 0.246 e. The highest BCUT2D eigenvalue weighted by atomic mass is 16.2. The van der Waals surface area contributed by atoms with Gasteiger partial charge >= 0.3 is 0 Å². The lowest BCUT2D eigenvalue weighted by atomic mass is 9.98. The third-order valence-corrected chi connectivity index (χ3v) is 7.20. The summed E-state index contributed by atoms with van der Waals surface area (Å²) >= 11 is 0. The normalized spacial score (nSPS) is 24.3. The quantitative estimate of drug-likeness (QED) is 0.437. The molecule has 2 aliphatic heterocycles. The average Bonchev–Trinajstić information content (AvgIpc) is 3.36. The van der Waals surface area contributed by atoms with Crippen molar-refractivity contribution in [1.29, 1.82) is 0 Å².